The number of hydrogen-bond donors (Lipinski definition) is 1. The van der Waals surface area contributed by atoms with Gasteiger partial charge in [-0.25, -0.2) is 4.79 Å². The SMILES string of the molecule is CCOC(=O)c1c(NC(=O)CSc2nncs2)sc(C)c1C[C@@H](C)CC. The topological polar surface area (TPSA) is 81.2 Å². The molecule has 0 aliphatic heterocycles. The largest absolute Gasteiger partial charge is 0.462 e. The molecule has 142 valence electrons. The zero-order valence-corrected chi connectivity index (χ0v) is 17.8. The molecule has 2 aromatic rings. The first-order valence-corrected chi connectivity index (χ1v) is 11.1. The van der Waals surface area contributed by atoms with Gasteiger partial charge in [0.15, 0.2) is 4.34 Å². The molecule has 0 unspecified atom stereocenters. The average Bonchev–Trinajstić information content (AvgIpc) is 3.22. The van der Waals surface area contributed by atoms with Crippen LogP contribution in [0.4, 0.5) is 5.00 Å². The van der Waals surface area contributed by atoms with E-state index in [1.807, 2.05) is 6.92 Å². The molecule has 2 heterocycles. The van der Waals surface area contributed by atoms with Gasteiger partial charge in [0.05, 0.1) is 17.9 Å². The number of ether oxygens (including phenoxy) is 1. The predicted octanol–water partition coefficient (Wildman–Crippen LogP) is 4.40. The number of carbonyl (C=O) groups is 2. The van der Waals surface area contributed by atoms with Crippen molar-refractivity contribution in [3.63, 3.8) is 0 Å². The molecule has 0 saturated heterocycles. The summed E-state index contributed by atoms with van der Waals surface area (Å²) in [6, 6.07) is 0. The standard InChI is InChI=1S/C17H23N3O3S3/c1-5-10(3)7-12-11(4)26-15(14(12)16(22)23-6-2)19-13(21)8-24-17-20-18-9-25-17/h9-10H,5-8H2,1-4H3,(H,19,21)/t10-/m0/s1. The Hall–Kier alpha value is -1.45. The molecule has 0 spiro atoms. The number of aryl methyl sites for hydroxylation is 1. The van der Waals surface area contributed by atoms with E-state index in [-0.39, 0.29) is 17.6 Å². The summed E-state index contributed by atoms with van der Waals surface area (Å²) in [6.07, 6.45) is 1.82. The highest BCUT2D eigenvalue weighted by atomic mass is 32.2. The van der Waals surface area contributed by atoms with Crippen molar-refractivity contribution < 1.29 is 14.3 Å². The fourth-order valence-electron chi connectivity index (χ4n) is 2.34. The van der Waals surface area contributed by atoms with Crippen molar-refractivity contribution in [1.82, 2.24) is 10.2 Å². The van der Waals surface area contributed by atoms with Gasteiger partial charge >= 0.3 is 5.97 Å². The van der Waals surface area contributed by atoms with Crippen LogP contribution in [0.25, 0.3) is 0 Å². The molecular weight excluding hydrogens is 390 g/mol. The van der Waals surface area contributed by atoms with E-state index in [2.05, 4.69) is 29.4 Å². The Kier molecular flexibility index (Phi) is 8.05. The van der Waals surface area contributed by atoms with Gasteiger partial charge in [-0.1, -0.05) is 43.4 Å². The first-order valence-electron chi connectivity index (χ1n) is 8.44. The Morgan fingerprint density at radius 3 is 2.77 bits per heavy atom. The highest BCUT2D eigenvalue weighted by Gasteiger charge is 2.25. The second kappa shape index (κ2) is 10.0. The van der Waals surface area contributed by atoms with Gasteiger partial charge in [0.1, 0.15) is 10.5 Å². The summed E-state index contributed by atoms with van der Waals surface area (Å²) in [5, 5.41) is 11.1. The molecule has 26 heavy (non-hydrogen) atoms. The zero-order valence-electron chi connectivity index (χ0n) is 15.3. The van der Waals surface area contributed by atoms with E-state index in [0.717, 1.165) is 27.6 Å². The van der Waals surface area contributed by atoms with Gasteiger partial charge < -0.3 is 10.1 Å². The summed E-state index contributed by atoms with van der Waals surface area (Å²) >= 11 is 4.15. The Morgan fingerprint density at radius 1 is 1.38 bits per heavy atom. The molecule has 2 aromatic heterocycles. The second-order valence-corrected chi connectivity index (χ2v) is 9.10. The number of anilines is 1. The molecule has 1 N–H and O–H groups in total. The number of nitrogens with one attached hydrogen (secondary N) is 1. The third-order valence-electron chi connectivity index (χ3n) is 3.86. The number of amides is 1. The molecule has 1 amide bonds. The molecular formula is C17H23N3O3S3. The van der Waals surface area contributed by atoms with E-state index in [0.29, 0.717) is 23.1 Å². The highest BCUT2D eigenvalue weighted by Crippen LogP contribution is 2.36. The Labute approximate surface area is 165 Å². The van der Waals surface area contributed by atoms with Crippen LogP contribution in [0.1, 0.15) is 48.0 Å². The lowest BCUT2D eigenvalue weighted by Crippen LogP contribution is -2.17. The van der Waals surface area contributed by atoms with E-state index < -0.39 is 0 Å². The van der Waals surface area contributed by atoms with Crippen molar-refractivity contribution >= 4 is 51.3 Å². The summed E-state index contributed by atoms with van der Waals surface area (Å²) in [5.41, 5.74) is 3.11. The van der Waals surface area contributed by atoms with Crippen LogP contribution in [0.15, 0.2) is 9.85 Å². The van der Waals surface area contributed by atoms with E-state index in [1.165, 1.54) is 34.4 Å². The maximum atomic E-state index is 12.5. The zero-order chi connectivity index (χ0) is 19.1. The summed E-state index contributed by atoms with van der Waals surface area (Å²) in [5.74, 6) is 0.122. The van der Waals surface area contributed by atoms with Crippen LogP contribution in [0.2, 0.25) is 0 Å². The quantitative estimate of drug-likeness (QED) is 0.485. The van der Waals surface area contributed by atoms with Crippen LogP contribution in [-0.2, 0) is 16.0 Å². The number of esters is 1. The van der Waals surface area contributed by atoms with Gasteiger partial charge in [-0.15, -0.1) is 21.5 Å². The number of thiophene rings is 1. The fraction of sp³-hybridized carbons (Fsp3) is 0.529. The molecule has 0 bridgehead atoms. The minimum absolute atomic E-state index is 0.174. The summed E-state index contributed by atoms with van der Waals surface area (Å²) in [6.45, 7) is 8.35. The van der Waals surface area contributed by atoms with Crippen LogP contribution in [0.5, 0.6) is 0 Å². The molecule has 6 nitrogen and oxygen atoms in total. The number of carbonyl (C=O) groups excluding carboxylic acids is 2. The average molecular weight is 414 g/mol. The van der Waals surface area contributed by atoms with Crippen LogP contribution in [0.3, 0.4) is 0 Å². The van der Waals surface area contributed by atoms with Crippen molar-refractivity contribution in [2.45, 2.75) is 44.9 Å². The van der Waals surface area contributed by atoms with E-state index in [9.17, 15) is 9.59 Å². The van der Waals surface area contributed by atoms with Crippen LogP contribution >= 0.6 is 34.4 Å². The minimum Gasteiger partial charge on any atom is -0.462 e. The van der Waals surface area contributed by atoms with E-state index >= 15 is 0 Å². The van der Waals surface area contributed by atoms with Gasteiger partial charge in [-0.3, -0.25) is 4.79 Å². The van der Waals surface area contributed by atoms with E-state index in [4.69, 9.17) is 4.74 Å². The summed E-state index contributed by atoms with van der Waals surface area (Å²) in [4.78, 5) is 25.9. The number of hydrogen-bond acceptors (Lipinski definition) is 8. The Balaban J connectivity index is 2.18. The second-order valence-electron chi connectivity index (χ2n) is 5.82. The van der Waals surface area contributed by atoms with Crippen molar-refractivity contribution in [3.05, 3.63) is 21.5 Å². The smallest absolute Gasteiger partial charge is 0.341 e. The van der Waals surface area contributed by atoms with Gasteiger partial charge in [0.25, 0.3) is 0 Å². The maximum Gasteiger partial charge on any atom is 0.341 e. The van der Waals surface area contributed by atoms with Gasteiger partial charge in [-0.2, -0.15) is 0 Å². The monoisotopic (exact) mass is 413 g/mol. The lowest BCUT2D eigenvalue weighted by molar-refractivity contribution is -0.113. The molecule has 1 atom stereocenters. The summed E-state index contributed by atoms with van der Waals surface area (Å²) in [7, 11) is 0. The first kappa shape index (κ1) is 20.9. The molecule has 9 heteroatoms. The molecule has 0 aliphatic rings. The lowest BCUT2D eigenvalue weighted by Gasteiger charge is -2.11. The molecule has 2 rings (SSSR count). The third kappa shape index (κ3) is 5.52. The number of thioether (sulfide) groups is 1. The first-order chi connectivity index (χ1) is 12.5. The molecule has 0 fully saturated rings. The summed E-state index contributed by atoms with van der Waals surface area (Å²) < 4.78 is 5.97. The molecule has 0 radical (unpaired) electrons. The molecule has 0 aliphatic carbocycles. The third-order valence-corrected chi connectivity index (χ3v) is 6.78. The number of aromatic nitrogens is 2. The number of nitrogens with zero attached hydrogens (tertiary/aromatic N) is 2. The normalized spacial score (nSPS) is 12.0. The van der Waals surface area contributed by atoms with Crippen molar-refractivity contribution in [1.29, 1.82) is 0 Å². The Morgan fingerprint density at radius 2 is 2.15 bits per heavy atom. The Bertz CT molecular complexity index is 744. The predicted molar refractivity (Wildman–Crippen MR) is 107 cm³/mol. The maximum absolute atomic E-state index is 12.5. The van der Waals surface area contributed by atoms with Crippen LogP contribution < -0.4 is 5.32 Å². The van der Waals surface area contributed by atoms with Crippen molar-refractivity contribution in [3.8, 4) is 0 Å². The van der Waals surface area contributed by atoms with Crippen molar-refractivity contribution in [2.24, 2.45) is 5.92 Å². The van der Waals surface area contributed by atoms with Crippen molar-refractivity contribution in [2.75, 3.05) is 17.7 Å². The molecule has 0 saturated carbocycles. The van der Waals surface area contributed by atoms with Gasteiger partial charge in [0, 0.05) is 4.88 Å². The number of rotatable bonds is 9. The minimum atomic E-state index is -0.373. The van der Waals surface area contributed by atoms with Gasteiger partial charge in [-0.05, 0) is 31.7 Å². The van der Waals surface area contributed by atoms with E-state index in [1.54, 1.807) is 12.4 Å². The van der Waals surface area contributed by atoms with Crippen LogP contribution in [-0.4, -0.2) is 34.4 Å². The molecule has 0 aromatic carbocycles. The van der Waals surface area contributed by atoms with Gasteiger partial charge in [0.2, 0.25) is 5.91 Å². The highest BCUT2D eigenvalue weighted by molar-refractivity contribution is 8.01. The lowest BCUT2D eigenvalue weighted by atomic mass is 9.96. The van der Waals surface area contributed by atoms with Crippen LogP contribution in [0, 0.1) is 12.8 Å². The fourth-order valence-corrected chi connectivity index (χ4v) is 4.72.